The van der Waals surface area contributed by atoms with E-state index in [1.54, 1.807) is 0 Å². The number of hydrogen-bond donors (Lipinski definition) is 4. The predicted octanol–water partition coefficient (Wildman–Crippen LogP) is 5.54. The van der Waals surface area contributed by atoms with E-state index in [-0.39, 0.29) is 17.2 Å². The van der Waals surface area contributed by atoms with Gasteiger partial charge in [0, 0.05) is 18.8 Å². The molecule has 0 aromatic carbocycles. The van der Waals surface area contributed by atoms with Crippen molar-refractivity contribution in [2.75, 3.05) is 17.2 Å². The Morgan fingerprint density at radius 1 is 1.23 bits per heavy atom. The topological polar surface area (TPSA) is 103 Å². The molecule has 1 aromatic rings. The van der Waals surface area contributed by atoms with Gasteiger partial charge in [0.15, 0.2) is 0 Å². The third-order valence-corrected chi connectivity index (χ3v) is 5.85. The predicted molar refractivity (Wildman–Crippen MR) is 119 cm³/mol. The van der Waals surface area contributed by atoms with E-state index in [1.165, 1.54) is 19.9 Å². The highest BCUT2D eigenvalue weighted by atomic mass is 19.4. The summed E-state index contributed by atoms with van der Waals surface area (Å²) < 4.78 is 81.2. The molecular formula is C22H29F6N5O2. The van der Waals surface area contributed by atoms with Gasteiger partial charge < -0.3 is 20.9 Å². The maximum atomic E-state index is 13.6. The number of nitrogens with one attached hydrogen (secondary N) is 2. The second-order valence-electron chi connectivity index (χ2n) is 9.05. The average Bonchev–Trinajstić information content (AvgIpc) is 2.74. The van der Waals surface area contributed by atoms with E-state index in [0.717, 1.165) is 0 Å². The lowest BCUT2D eigenvalue weighted by Gasteiger charge is -2.40. The molecule has 0 amide bonds. The van der Waals surface area contributed by atoms with Crippen LogP contribution >= 0.6 is 0 Å². The van der Waals surface area contributed by atoms with Crippen molar-refractivity contribution in [2.45, 2.75) is 71.5 Å². The van der Waals surface area contributed by atoms with E-state index in [4.69, 9.17) is 5.21 Å². The molecule has 13 heteroatoms. The van der Waals surface area contributed by atoms with Crippen molar-refractivity contribution in [3.63, 3.8) is 0 Å². The molecule has 1 aliphatic rings. The first-order chi connectivity index (χ1) is 16.1. The van der Waals surface area contributed by atoms with Gasteiger partial charge >= 0.3 is 12.4 Å². The molecule has 1 fully saturated rings. The molecule has 35 heavy (non-hydrogen) atoms. The molecular weight excluding hydrogens is 480 g/mol. The molecule has 4 N–H and O–H groups in total. The summed E-state index contributed by atoms with van der Waals surface area (Å²) >= 11 is 0. The Labute approximate surface area is 199 Å². The van der Waals surface area contributed by atoms with Crippen LogP contribution in [0.1, 0.15) is 52.5 Å². The van der Waals surface area contributed by atoms with Crippen LogP contribution in [0.4, 0.5) is 38.1 Å². The highest BCUT2D eigenvalue weighted by molar-refractivity contribution is 5.93. The van der Waals surface area contributed by atoms with Crippen LogP contribution in [0.2, 0.25) is 0 Å². The number of anilines is 2. The van der Waals surface area contributed by atoms with Gasteiger partial charge in [-0.05, 0) is 50.2 Å². The van der Waals surface area contributed by atoms with Gasteiger partial charge in [-0.25, -0.2) is 4.98 Å². The molecule has 1 saturated carbocycles. The number of halogens is 6. The van der Waals surface area contributed by atoms with Crippen LogP contribution in [0.15, 0.2) is 34.7 Å². The summed E-state index contributed by atoms with van der Waals surface area (Å²) in [7, 11) is 0. The molecule has 0 bridgehead atoms. The first kappa shape index (κ1) is 28.4. The van der Waals surface area contributed by atoms with Crippen LogP contribution in [0.3, 0.4) is 0 Å². The van der Waals surface area contributed by atoms with E-state index in [1.807, 2.05) is 13.8 Å². The van der Waals surface area contributed by atoms with E-state index in [2.05, 4.69) is 25.8 Å². The van der Waals surface area contributed by atoms with Crippen molar-refractivity contribution < 1.29 is 36.7 Å². The SMILES string of the molecule is C\C=C(CNc1ncc(C(F)(F)F)c(N[C@@H]2CC[C@H](O)C(C)(C)C2)n1)/C(=C\C(C)=N\O)C(F)(F)F. The quantitative estimate of drug-likeness (QED) is 0.127. The summed E-state index contributed by atoms with van der Waals surface area (Å²) in [6, 6.07) is -0.399. The van der Waals surface area contributed by atoms with Gasteiger partial charge in [-0.15, -0.1) is 0 Å². The zero-order chi connectivity index (χ0) is 26.6. The highest BCUT2D eigenvalue weighted by Crippen LogP contribution is 2.39. The molecule has 0 aliphatic heterocycles. The lowest BCUT2D eigenvalue weighted by molar-refractivity contribution is -0.137. The molecule has 1 aliphatic carbocycles. The molecule has 0 radical (unpaired) electrons. The van der Waals surface area contributed by atoms with Gasteiger partial charge in [-0.1, -0.05) is 25.1 Å². The van der Waals surface area contributed by atoms with Gasteiger partial charge in [0.2, 0.25) is 5.95 Å². The minimum Gasteiger partial charge on any atom is -0.411 e. The van der Waals surface area contributed by atoms with E-state index < -0.39 is 53.4 Å². The number of allylic oxidation sites excluding steroid dienone is 2. The number of nitrogens with zero attached hydrogens (tertiary/aromatic N) is 3. The average molecular weight is 509 g/mol. The zero-order valence-corrected chi connectivity index (χ0v) is 19.7. The number of oxime groups is 1. The zero-order valence-electron chi connectivity index (χ0n) is 19.7. The van der Waals surface area contributed by atoms with Crippen molar-refractivity contribution in [3.8, 4) is 0 Å². The second kappa shape index (κ2) is 10.8. The number of rotatable bonds is 7. The number of aromatic nitrogens is 2. The Morgan fingerprint density at radius 2 is 1.89 bits per heavy atom. The highest BCUT2D eigenvalue weighted by Gasteiger charge is 2.39. The van der Waals surface area contributed by atoms with Gasteiger partial charge in [0.05, 0.1) is 17.4 Å². The van der Waals surface area contributed by atoms with Gasteiger partial charge in [0.25, 0.3) is 0 Å². The van der Waals surface area contributed by atoms with Gasteiger partial charge in [0.1, 0.15) is 11.4 Å². The standard InChI is InChI=1S/C22H29F6N5O2/c1-5-13(15(21(23,24)25)8-12(2)33-35)10-29-19-30-11-16(22(26,27)28)18(32-19)31-14-6-7-17(34)20(3,4)9-14/h5,8,11,14,17,34-35H,6-7,9-10H2,1-4H3,(H2,29,30,31,32)/b13-5-,15-8+,33-12+/t14-,17+/m1/s1. The van der Waals surface area contributed by atoms with Crippen LogP contribution in [0, 0.1) is 5.41 Å². The number of alkyl halides is 6. The second-order valence-corrected chi connectivity index (χ2v) is 9.05. The summed E-state index contributed by atoms with van der Waals surface area (Å²) in [4.78, 5) is 7.53. The monoisotopic (exact) mass is 509 g/mol. The Kier molecular flexibility index (Phi) is 8.79. The first-order valence-electron chi connectivity index (χ1n) is 10.8. The molecule has 1 heterocycles. The third kappa shape index (κ3) is 7.58. The summed E-state index contributed by atoms with van der Waals surface area (Å²) in [6.45, 7) is 5.72. The number of aliphatic hydroxyl groups excluding tert-OH is 1. The van der Waals surface area contributed by atoms with Crippen LogP contribution in [-0.2, 0) is 6.18 Å². The molecule has 0 saturated heterocycles. The van der Waals surface area contributed by atoms with Crippen molar-refractivity contribution >= 4 is 17.5 Å². The fourth-order valence-corrected chi connectivity index (χ4v) is 3.85. The van der Waals surface area contributed by atoms with Crippen LogP contribution in [-0.4, -0.2) is 50.9 Å². The molecule has 2 atom stereocenters. The Balaban J connectivity index is 2.31. The summed E-state index contributed by atoms with van der Waals surface area (Å²) in [5.74, 6) is -0.798. The Morgan fingerprint density at radius 3 is 2.40 bits per heavy atom. The Hall–Kier alpha value is -2.83. The summed E-state index contributed by atoms with van der Waals surface area (Å²) in [5, 5.41) is 26.9. The van der Waals surface area contributed by atoms with Crippen molar-refractivity contribution in [1.29, 1.82) is 0 Å². The fourth-order valence-electron chi connectivity index (χ4n) is 3.85. The molecule has 0 spiro atoms. The number of hydrogen-bond acceptors (Lipinski definition) is 7. The van der Waals surface area contributed by atoms with Crippen LogP contribution in [0.25, 0.3) is 0 Å². The molecule has 196 valence electrons. The lowest BCUT2D eigenvalue weighted by atomic mass is 9.73. The molecule has 2 rings (SSSR count). The largest absolute Gasteiger partial charge is 0.421 e. The van der Waals surface area contributed by atoms with Crippen molar-refractivity contribution in [1.82, 2.24) is 9.97 Å². The number of aliphatic hydroxyl groups is 1. The van der Waals surface area contributed by atoms with E-state index >= 15 is 0 Å². The molecule has 0 unspecified atom stereocenters. The van der Waals surface area contributed by atoms with Gasteiger partial charge in [-0.2, -0.15) is 31.3 Å². The maximum absolute atomic E-state index is 13.6. The Bertz CT molecular complexity index is 986. The normalized spacial score (nSPS) is 22.2. The van der Waals surface area contributed by atoms with Crippen molar-refractivity contribution in [2.24, 2.45) is 10.6 Å². The van der Waals surface area contributed by atoms with E-state index in [9.17, 15) is 31.4 Å². The summed E-state index contributed by atoms with van der Waals surface area (Å²) in [6.07, 6.45) is -6.51. The van der Waals surface area contributed by atoms with Crippen LogP contribution < -0.4 is 10.6 Å². The maximum Gasteiger partial charge on any atom is 0.421 e. The van der Waals surface area contributed by atoms with Gasteiger partial charge in [-0.3, -0.25) is 0 Å². The first-order valence-corrected chi connectivity index (χ1v) is 10.8. The van der Waals surface area contributed by atoms with E-state index in [0.29, 0.717) is 31.5 Å². The third-order valence-electron chi connectivity index (χ3n) is 5.85. The molecule has 7 nitrogen and oxygen atoms in total. The lowest BCUT2D eigenvalue weighted by Crippen LogP contribution is -2.41. The minimum atomic E-state index is -4.78. The minimum absolute atomic E-state index is 0.249. The van der Waals surface area contributed by atoms with Crippen molar-refractivity contribution in [3.05, 3.63) is 35.1 Å². The smallest absolute Gasteiger partial charge is 0.411 e. The van der Waals surface area contributed by atoms with Crippen LogP contribution in [0.5, 0.6) is 0 Å². The molecule has 1 aromatic heterocycles. The summed E-state index contributed by atoms with van der Waals surface area (Å²) in [5.41, 5.74) is -3.24. The fraction of sp³-hybridized carbons (Fsp3) is 0.591.